The second-order valence-electron chi connectivity index (χ2n) is 2.24. The van der Waals surface area contributed by atoms with Crippen LogP contribution in [0.3, 0.4) is 0 Å². The highest BCUT2D eigenvalue weighted by Gasteiger charge is 2.03. The zero-order valence-corrected chi connectivity index (χ0v) is 6.97. The average Bonchev–Trinajstić information content (AvgIpc) is 2.16. The summed E-state index contributed by atoms with van der Waals surface area (Å²) in [7, 11) is 0. The van der Waals surface area contributed by atoms with Crippen LogP contribution in [0.4, 0.5) is 4.79 Å². The lowest BCUT2D eigenvalue weighted by Crippen LogP contribution is -2.12. The van der Waals surface area contributed by atoms with E-state index in [1.165, 1.54) is 0 Å². The summed E-state index contributed by atoms with van der Waals surface area (Å²) in [4.78, 5) is 10.8. The van der Waals surface area contributed by atoms with Crippen LogP contribution in [0.25, 0.3) is 0 Å². The number of benzene rings is 1. The number of carbonyl (C=O) groups excluding carboxylic acids is 1. The first kappa shape index (κ1) is 9.54. The van der Waals surface area contributed by atoms with Gasteiger partial charge in [0.1, 0.15) is 12.4 Å². The van der Waals surface area contributed by atoms with Gasteiger partial charge < -0.3 is 14.6 Å². The summed E-state index contributed by atoms with van der Waals surface area (Å²) in [5.74, 6) is 0.422. The van der Waals surface area contributed by atoms with E-state index in [-0.39, 0.29) is 13.2 Å². The lowest BCUT2D eigenvalue weighted by atomic mass is 10.3. The van der Waals surface area contributed by atoms with E-state index in [4.69, 9.17) is 9.84 Å². The van der Waals surface area contributed by atoms with Gasteiger partial charge in [-0.25, -0.2) is 4.79 Å². The van der Waals surface area contributed by atoms with Crippen LogP contribution in [0.1, 0.15) is 0 Å². The Morgan fingerprint density at radius 2 is 2.00 bits per heavy atom. The topological polar surface area (TPSA) is 55.8 Å². The molecule has 0 aliphatic rings. The Balaban J connectivity index is 2.37. The van der Waals surface area contributed by atoms with Crippen LogP contribution < -0.4 is 4.74 Å². The van der Waals surface area contributed by atoms with E-state index >= 15 is 0 Å². The minimum absolute atomic E-state index is 0.0499. The maximum absolute atomic E-state index is 10.8. The lowest BCUT2D eigenvalue weighted by molar-refractivity contribution is 0.0807. The molecule has 1 aromatic carbocycles. The van der Waals surface area contributed by atoms with Gasteiger partial charge in [0.2, 0.25) is 0 Å². The second-order valence-corrected chi connectivity index (χ2v) is 2.24. The first-order valence-electron chi connectivity index (χ1n) is 3.83. The highest BCUT2D eigenvalue weighted by atomic mass is 16.7. The normalized spacial score (nSPS) is 9.31. The zero-order chi connectivity index (χ0) is 9.52. The molecule has 70 valence electrons. The van der Waals surface area contributed by atoms with Crippen LogP contribution >= 0.6 is 0 Å². The highest BCUT2D eigenvalue weighted by Crippen LogP contribution is 2.08. The zero-order valence-electron chi connectivity index (χ0n) is 6.97. The molecule has 4 nitrogen and oxygen atoms in total. The van der Waals surface area contributed by atoms with Crippen molar-refractivity contribution < 1.29 is 19.4 Å². The number of para-hydroxylation sites is 1. The molecule has 1 rings (SSSR count). The van der Waals surface area contributed by atoms with Crippen molar-refractivity contribution in [2.75, 3.05) is 13.2 Å². The molecule has 13 heavy (non-hydrogen) atoms. The third-order valence-corrected chi connectivity index (χ3v) is 1.26. The van der Waals surface area contributed by atoms with E-state index in [0.29, 0.717) is 5.75 Å². The molecule has 0 atom stereocenters. The Morgan fingerprint density at radius 3 is 2.62 bits per heavy atom. The van der Waals surface area contributed by atoms with E-state index in [1.807, 2.05) is 6.07 Å². The number of aliphatic hydroxyl groups excluding tert-OH is 1. The van der Waals surface area contributed by atoms with E-state index in [2.05, 4.69) is 4.74 Å². The average molecular weight is 182 g/mol. The van der Waals surface area contributed by atoms with Crippen molar-refractivity contribution in [1.82, 2.24) is 0 Å². The monoisotopic (exact) mass is 182 g/mol. The highest BCUT2D eigenvalue weighted by molar-refractivity contribution is 5.63. The SMILES string of the molecule is O=C(OCCO)Oc1ccccc1. The maximum atomic E-state index is 10.8. The molecule has 0 saturated heterocycles. The molecule has 0 radical (unpaired) electrons. The van der Waals surface area contributed by atoms with E-state index in [0.717, 1.165) is 0 Å². The number of carbonyl (C=O) groups is 1. The summed E-state index contributed by atoms with van der Waals surface area (Å²) in [5, 5.41) is 8.35. The van der Waals surface area contributed by atoms with Crippen molar-refractivity contribution >= 4 is 6.16 Å². The largest absolute Gasteiger partial charge is 0.513 e. The smallest absolute Gasteiger partial charge is 0.432 e. The van der Waals surface area contributed by atoms with Gasteiger partial charge in [0, 0.05) is 0 Å². The quantitative estimate of drug-likeness (QED) is 0.563. The van der Waals surface area contributed by atoms with E-state index < -0.39 is 6.16 Å². The Labute approximate surface area is 75.7 Å². The van der Waals surface area contributed by atoms with Gasteiger partial charge in [0.05, 0.1) is 6.61 Å². The molecule has 1 N–H and O–H groups in total. The molecule has 0 unspecified atom stereocenters. The summed E-state index contributed by atoms with van der Waals surface area (Å²) in [6.45, 7) is -0.254. The molecule has 0 saturated carbocycles. The van der Waals surface area contributed by atoms with Crippen molar-refractivity contribution in [3.63, 3.8) is 0 Å². The van der Waals surface area contributed by atoms with Crippen LogP contribution in [0.2, 0.25) is 0 Å². The molecule has 1 aromatic rings. The summed E-state index contributed by atoms with van der Waals surface area (Å²) in [6.07, 6.45) is -0.805. The number of hydrogen-bond donors (Lipinski definition) is 1. The number of rotatable bonds is 3. The van der Waals surface area contributed by atoms with Gasteiger partial charge in [-0.3, -0.25) is 0 Å². The van der Waals surface area contributed by atoms with Crippen molar-refractivity contribution in [3.8, 4) is 5.75 Å². The Morgan fingerprint density at radius 1 is 1.31 bits per heavy atom. The summed E-state index contributed by atoms with van der Waals surface area (Å²) in [5.41, 5.74) is 0. The molecular weight excluding hydrogens is 172 g/mol. The third kappa shape index (κ3) is 3.57. The first-order valence-corrected chi connectivity index (χ1v) is 3.83. The van der Waals surface area contributed by atoms with E-state index in [1.54, 1.807) is 24.3 Å². The van der Waals surface area contributed by atoms with Crippen molar-refractivity contribution in [2.45, 2.75) is 0 Å². The molecule has 0 fully saturated rings. The third-order valence-electron chi connectivity index (χ3n) is 1.26. The van der Waals surface area contributed by atoms with Gasteiger partial charge in [0.15, 0.2) is 0 Å². The molecule has 0 aromatic heterocycles. The van der Waals surface area contributed by atoms with Crippen LogP contribution in [-0.4, -0.2) is 24.5 Å². The molecular formula is C9H10O4. The number of aliphatic hydroxyl groups is 1. The molecule has 0 heterocycles. The predicted molar refractivity (Wildman–Crippen MR) is 45.5 cm³/mol. The maximum Gasteiger partial charge on any atom is 0.513 e. The fraction of sp³-hybridized carbons (Fsp3) is 0.222. The molecule has 0 aliphatic heterocycles. The van der Waals surface area contributed by atoms with Crippen molar-refractivity contribution in [1.29, 1.82) is 0 Å². The molecule has 0 spiro atoms. The minimum Gasteiger partial charge on any atom is -0.432 e. The lowest BCUT2D eigenvalue weighted by Gasteiger charge is -2.03. The second kappa shape index (κ2) is 5.16. The summed E-state index contributed by atoms with van der Waals surface area (Å²) in [6, 6.07) is 8.58. The molecule has 4 heteroatoms. The predicted octanol–water partition coefficient (Wildman–Crippen LogP) is 1.19. The van der Waals surface area contributed by atoms with Gasteiger partial charge >= 0.3 is 6.16 Å². The van der Waals surface area contributed by atoms with Crippen LogP contribution in [0.5, 0.6) is 5.75 Å². The van der Waals surface area contributed by atoms with Crippen LogP contribution in [-0.2, 0) is 4.74 Å². The summed E-state index contributed by atoms with van der Waals surface area (Å²) >= 11 is 0. The van der Waals surface area contributed by atoms with Crippen LogP contribution in [0.15, 0.2) is 30.3 Å². The fourth-order valence-corrected chi connectivity index (χ4v) is 0.743. The van der Waals surface area contributed by atoms with Gasteiger partial charge in [-0.1, -0.05) is 18.2 Å². The standard InChI is InChI=1S/C9H10O4/c10-6-7-12-9(11)13-8-4-2-1-3-5-8/h1-5,10H,6-7H2. The van der Waals surface area contributed by atoms with Crippen LogP contribution in [0, 0.1) is 0 Å². The minimum atomic E-state index is -0.805. The Hall–Kier alpha value is -1.55. The Kier molecular flexibility index (Phi) is 3.78. The molecule has 0 bridgehead atoms. The number of hydrogen-bond acceptors (Lipinski definition) is 4. The summed E-state index contributed by atoms with van der Waals surface area (Å²) < 4.78 is 9.23. The van der Waals surface area contributed by atoms with Gasteiger partial charge in [-0.05, 0) is 12.1 Å². The fourth-order valence-electron chi connectivity index (χ4n) is 0.743. The number of ether oxygens (including phenoxy) is 2. The van der Waals surface area contributed by atoms with Crippen molar-refractivity contribution in [3.05, 3.63) is 30.3 Å². The van der Waals surface area contributed by atoms with Gasteiger partial charge in [-0.15, -0.1) is 0 Å². The Bertz CT molecular complexity index is 258. The molecule has 0 aliphatic carbocycles. The first-order chi connectivity index (χ1) is 6.33. The van der Waals surface area contributed by atoms with E-state index in [9.17, 15) is 4.79 Å². The molecule has 0 amide bonds. The van der Waals surface area contributed by atoms with Gasteiger partial charge in [0.25, 0.3) is 0 Å². The van der Waals surface area contributed by atoms with Gasteiger partial charge in [-0.2, -0.15) is 0 Å². The van der Waals surface area contributed by atoms with Crippen molar-refractivity contribution in [2.24, 2.45) is 0 Å².